The summed E-state index contributed by atoms with van der Waals surface area (Å²) in [7, 11) is 1.80. The summed E-state index contributed by atoms with van der Waals surface area (Å²) in [6.45, 7) is 1.74. The lowest BCUT2D eigenvalue weighted by Gasteiger charge is -2.24. The zero-order valence-electron chi connectivity index (χ0n) is 11.4. The van der Waals surface area contributed by atoms with Gasteiger partial charge in [0.2, 0.25) is 5.91 Å². The standard InChI is InChI=1S/C15H18F2N2O/c1-19(10-4-5-18-8-10)15(20)13-7-11(13)12-6-9(16)2-3-14(12)17/h2-3,6,10-11,13,18H,4-5,7-8H2,1H3/t10-,11-,13+/m0/s1. The van der Waals surface area contributed by atoms with Crippen molar-refractivity contribution < 1.29 is 13.6 Å². The lowest BCUT2D eigenvalue weighted by atomic mass is 10.1. The van der Waals surface area contributed by atoms with E-state index in [-0.39, 0.29) is 23.8 Å². The third-order valence-corrected chi connectivity index (χ3v) is 4.39. The Kier molecular flexibility index (Phi) is 3.46. The minimum atomic E-state index is -0.451. The van der Waals surface area contributed by atoms with Gasteiger partial charge in [0, 0.05) is 25.6 Å². The summed E-state index contributed by atoms with van der Waals surface area (Å²) in [6.07, 6.45) is 1.57. The fourth-order valence-corrected chi connectivity index (χ4v) is 3.02. The van der Waals surface area contributed by atoms with Crippen molar-refractivity contribution in [3.63, 3.8) is 0 Å². The Morgan fingerprint density at radius 1 is 1.40 bits per heavy atom. The minimum absolute atomic E-state index is 0.0485. The van der Waals surface area contributed by atoms with Gasteiger partial charge in [-0.25, -0.2) is 8.78 Å². The van der Waals surface area contributed by atoms with E-state index in [0.717, 1.165) is 31.6 Å². The summed E-state index contributed by atoms with van der Waals surface area (Å²) in [4.78, 5) is 14.1. The van der Waals surface area contributed by atoms with E-state index in [9.17, 15) is 13.6 Å². The first kappa shape index (κ1) is 13.5. The largest absolute Gasteiger partial charge is 0.341 e. The van der Waals surface area contributed by atoms with Crippen LogP contribution in [0, 0.1) is 17.6 Å². The number of amides is 1. The first-order chi connectivity index (χ1) is 9.58. The number of carbonyl (C=O) groups excluding carboxylic acids is 1. The molecule has 1 N–H and O–H groups in total. The second kappa shape index (κ2) is 5.13. The molecule has 2 fully saturated rings. The Labute approximate surface area is 117 Å². The van der Waals surface area contributed by atoms with Gasteiger partial charge in [0.15, 0.2) is 0 Å². The molecule has 3 nitrogen and oxygen atoms in total. The van der Waals surface area contributed by atoms with Crippen molar-refractivity contribution in [3.05, 3.63) is 35.4 Å². The summed E-state index contributed by atoms with van der Waals surface area (Å²) in [5, 5.41) is 3.22. The zero-order chi connectivity index (χ0) is 14.3. The van der Waals surface area contributed by atoms with E-state index in [1.165, 1.54) is 6.07 Å². The van der Waals surface area contributed by atoms with Crippen molar-refractivity contribution >= 4 is 5.91 Å². The molecule has 1 heterocycles. The van der Waals surface area contributed by atoms with E-state index in [0.29, 0.717) is 12.0 Å². The van der Waals surface area contributed by atoms with Crippen LogP contribution in [0.2, 0.25) is 0 Å². The van der Waals surface area contributed by atoms with Crippen molar-refractivity contribution in [3.8, 4) is 0 Å². The van der Waals surface area contributed by atoms with E-state index >= 15 is 0 Å². The molecule has 2 aliphatic rings. The van der Waals surface area contributed by atoms with Crippen LogP contribution in [0.15, 0.2) is 18.2 Å². The molecule has 1 aliphatic carbocycles. The van der Waals surface area contributed by atoms with E-state index in [1.54, 1.807) is 11.9 Å². The van der Waals surface area contributed by atoms with Crippen molar-refractivity contribution in [2.45, 2.75) is 24.8 Å². The molecule has 1 aliphatic heterocycles. The molecule has 0 bridgehead atoms. The number of likely N-dealkylation sites (N-methyl/N-ethyl adjacent to an activating group) is 1. The third kappa shape index (κ3) is 2.42. The van der Waals surface area contributed by atoms with Gasteiger partial charge in [-0.3, -0.25) is 4.79 Å². The number of nitrogens with one attached hydrogen (secondary N) is 1. The van der Waals surface area contributed by atoms with Gasteiger partial charge in [0.1, 0.15) is 11.6 Å². The highest BCUT2D eigenvalue weighted by Gasteiger charge is 2.47. The Morgan fingerprint density at radius 2 is 2.20 bits per heavy atom. The molecular weight excluding hydrogens is 262 g/mol. The molecule has 0 aromatic heterocycles. The maximum atomic E-state index is 13.7. The highest BCUT2D eigenvalue weighted by molar-refractivity contribution is 5.83. The Balaban J connectivity index is 1.69. The minimum Gasteiger partial charge on any atom is -0.341 e. The molecule has 20 heavy (non-hydrogen) atoms. The lowest BCUT2D eigenvalue weighted by Crippen LogP contribution is -2.39. The van der Waals surface area contributed by atoms with Gasteiger partial charge in [-0.1, -0.05) is 0 Å². The van der Waals surface area contributed by atoms with Crippen LogP contribution >= 0.6 is 0 Å². The quantitative estimate of drug-likeness (QED) is 0.917. The van der Waals surface area contributed by atoms with Crippen LogP contribution in [0.25, 0.3) is 0 Å². The fourth-order valence-electron chi connectivity index (χ4n) is 3.02. The number of nitrogens with zero attached hydrogens (tertiary/aromatic N) is 1. The first-order valence-electron chi connectivity index (χ1n) is 7.00. The highest BCUT2D eigenvalue weighted by atomic mass is 19.1. The smallest absolute Gasteiger partial charge is 0.226 e. The molecule has 1 amide bonds. The topological polar surface area (TPSA) is 32.3 Å². The number of carbonyl (C=O) groups is 1. The fraction of sp³-hybridized carbons (Fsp3) is 0.533. The van der Waals surface area contributed by atoms with Gasteiger partial charge in [-0.2, -0.15) is 0 Å². The Hall–Kier alpha value is -1.49. The maximum Gasteiger partial charge on any atom is 0.226 e. The number of hydrogen-bond donors (Lipinski definition) is 1. The second-order valence-electron chi connectivity index (χ2n) is 5.71. The number of hydrogen-bond acceptors (Lipinski definition) is 2. The SMILES string of the molecule is CN(C(=O)[C@@H]1C[C@H]1c1cc(F)ccc1F)[C@H]1CCNC1. The molecule has 108 valence electrons. The summed E-state index contributed by atoms with van der Waals surface area (Å²) < 4.78 is 26.9. The molecule has 0 unspecified atom stereocenters. The maximum absolute atomic E-state index is 13.7. The number of halogens is 2. The lowest BCUT2D eigenvalue weighted by molar-refractivity contribution is -0.133. The van der Waals surface area contributed by atoms with Gasteiger partial charge in [0.25, 0.3) is 0 Å². The number of benzene rings is 1. The van der Waals surface area contributed by atoms with Crippen LogP contribution < -0.4 is 5.32 Å². The van der Waals surface area contributed by atoms with Gasteiger partial charge >= 0.3 is 0 Å². The van der Waals surface area contributed by atoms with E-state index < -0.39 is 11.6 Å². The molecule has 1 saturated heterocycles. The first-order valence-corrected chi connectivity index (χ1v) is 7.00. The van der Waals surface area contributed by atoms with Crippen molar-refractivity contribution in [1.82, 2.24) is 10.2 Å². The molecule has 1 aromatic rings. The number of rotatable bonds is 3. The molecule has 1 saturated carbocycles. The molecule has 5 heteroatoms. The summed E-state index contributed by atoms with van der Waals surface area (Å²) in [6, 6.07) is 3.68. The van der Waals surface area contributed by atoms with Gasteiger partial charge in [-0.15, -0.1) is 0 Å². The summed E-state index contributed by atoms with van der Waals surface area (Å²) >= 11 is 0. The van der Waals surface area contributed by atoms with E-state index in [4.69, 9.17) is 0 Å². The molecule has 3 atom stereocenters. The highest BCUT2D eigenvalue weighted by Crippen LogP contribution is 2.49. The second-order valence-corrected chi connectivity index (χ2v) is 5.71. The molecule has 0 spiro atoms. The molecular formula is C15H18F2N2O. The van der Waals surface area contributed by atoms with Crippen molar-refractivity contribution in [2.75, 3.05) is 20.1 Å². The van der Waals surface area contributed by atoms with Gasteiger partial charge in [-0.05, 0) is 49.1 Å². The average Bonchev–Trinajstić information content (AvgIpc) is 3.03. The third-order valence-electron chi connectivity index (χ3n) is 4.39. The predicted molar refractivity (Wildman–Crippen MR) is 71.3 cm³/mol. The zero-order valence-corrected chi connectivity index (χ0v) is 11.4. The van der Waals surface area contributed by atoms with E-state index in [1.807, 2.05) is 0 Å². The summed E-state index contributed by atoms with van der Waals surface area (Å²) in [5.74, 6) is -1.19. The van der Waals surface area contributed by atoms with Crippen molar-refractivity contribution in [2.24, 2.45) is 5.92 Å². The molecule has 0 radical (unpaired) electrons. The van der Waals surface area contributed by atoms with Crippen LogP contribution in [-0.4, -0.2) is 37.0 Å². The van der Waals surface area contributed by atoms with Crippen LogP contribution in [-0.2, 0) is 4.79 Å². The van der Waals surface area contributed by atoms with Crippen molar-refractivity contribution in [1.29, 1.82) is 0 Å². The molecule has 1 aromatic carbocycles. The Bertz CT molecular complexity index is 529. The van der Waals surface area contributed by atoms with Gasteiger partial charge in [0.05, 0.1) is 0 Å². The predicted octanol–water partition coefficient (Wildman–Crippen LogP) is 1.89. The van der Waals surface area contributed by atoms with Crippen LogP contribution in [0.3, 0.4) is 0 Å². The monoisotopic (exact) mass is 280 g/mol. The normalized spacial score (nSPS) is 28.4. The van der Waals surface area contributed by atoms with Crippen LogP contribution in [0.4, 0.5) is 8.78 Å². The van der Waals surface area contributed by atoms with Crippen LogP contribution in [0.1, 0.15) is 24.3 Å². The van der Waals surface area contributed by atoms with Gasteiger partial charge < -0.3 is 10.2 Å². The summed E-state index contributed by atoms with van der Waals surface area (Å²) in [5.41, 5.74) is 0.335. The average molecular weight is 280 g/mol. The van der Waals surface area contributed by atoms with Crippen LogP contribution in [0.5, 0.6) is 0 Å². The van der Waals surface area contributed by atoms with E-state index in [2.05, 4.69) is 5.32 Å². The Morgan fingerprint density at radius 3 is 2.90 bits per heavy atom. The molecule has 3 rings (SSSR count).